The van der Waals surface area contributed by atoms with Crippen molar-refractivity contribution in [1.29, 1.82) is 0 Å². The van der Waals surface area contributed by atoms with E-state index in [1.165, 1.54) is 10.7 Å². The Hall–Kier alpha value is -1.99. The third-order valence-corrected chi connectivity index (χ3v) is 4.86. The SMILES string of the molecule is O=C(CCCn1nc(-c2ccc(Br)cc2)ccc1=O)NCC1CCCO1. The van der Waals surface area contributed by atoms with Gasteiger partial charge in [0.1, 0.15) is 0 Å². The average Bonchev–Trinajstić information content (AvgIpc) is 3.16. The highest BCUT2D eigenvalue weighted by atomic mass is 79.9. The maximum Gasteiger partial charge on any atom is 0.266 e. The van der Waals surface area contributed by atoms with Gasteiger partial charge in [0.25, 0.3) is 5.56 Å². The molecule has 138 valence electrons. The highest BCUT2D eigenvalue weighted by Gasteiger charge is 2.16. The normalized spacial score (nSPS) is 16.6. The van der Waals surface area contributed by atoms with Gasteiger partial charge in [0.2, 0.25) is 5.91 Å². The van der Waals surface area contributed by atoms with Crippen LogP contribution in [0.2, 0.25) is 0 Å². The lowest BCUT2D eigenvalue weighted by Gasteiger charge is -2.11. The van der Waals surface area contributed by atoms with Crippen molar-refractivity contribution in [1.82, 2.24) is 15.1 Å². The third kappa shape index (κ3) is 5.25. The fraction of sp³-hybridized carbons (Fsp3) is 0.421. The van der Waals surface area contributed by atoms with Crippen LogP contribution in [0.15, 0.2) is 45.7 Å². The van der Waals surface area contributed by atoms with Gasteiger partial charge in [0, 0.05) is 42.2 Å². The molecule has 2 heterocycles. The van der Waals surface area contributed by atoms with E-state index in [9.17, 15) is 9.59 Å². The van der Waals surface area contributed by atoms with Crippen LogP contribution in [0, 0.1) is 0 Å². The summed E-state index contributed by atoms with van der Waals surface area (Å²) >= 11 is 3.40. The molecule has 1 atom stereocenters. The Morgan fingerprint density at radius 3 is 2.81 bits per heavy atom. The van der Waals surface area contributed by atoms with Gasteiger partial charge in [-0.2, -0.15) is 5.10 Å². The summed E-state index contributed by atoms with van der Waals surface area (Å²) in [5.74, 6) is -0.0161. The number of rotatable bonds is 7. The van der Waals surface area contributed by atoms with E-state index in [0.717, 1.165) is 35.2 Å². The van der Waals surface area contributed by atoms with Crippen molar-refractivity contribution >= 4 is 21.8 Å². The lowest BCUT2D eigenvalue weighted by molar-refractivity contribution is -0.121. The van der Waals surface area contributed by atoms with E-state index in [2.05, 4.69) is 26.3 Å². The number of nitrogens with one attached hydrogen (secondary N) is 1. The Balaban J connectivity index is 1.52. The highest BCUT2D eigenvalue weighted by molar-refractivity contribution is 9.10. The van der Waals surface area contributed by atoms with Crippen LogP contribution in [0.5, 0.6) is 0 Å². The number of carbonyl (C=O) groups is 1. The first-order chi connectivity index (χ1) is 12.6. The zero-order chi connectivity index (χ0) is 18.4. The molecule has 0 spiro atoms. The monoisotopic (exact) mass is 419 g/mol. The Kier molecular flexibility index (Phi) is 6.57. The number of benzene rings is 1. The summed E-state index contributed by atoms with van der Waals surface area (Å²) in [6, 6.07) is 11.0. The first-order valence-electron chi connectivity index (χ1n) is 8.84. The molecule has 1 amide bonds. The van der Waals surface area contributed by atoms with Gasteiger partial charge in [-0.3, -0.25) is 9.59 Å². The maximum atomic E-state index is 12.0. The second-order valence-electron chi connectivity index (χ2n) is 6.33. The van der Waals surface area contributed by atoms with Crippen molar-refractivity contribution in [2.75, 3.05) is 13.2 Å². The first-order valence-corrected chi connectivity index (χ1v) is 9.63. The summed E-state index contributed by atoms with van der Waals surface area (Å²) in [5.41, 5.74) is 1.52. The molecule has 0 saturated carbocycles. The lowest BCUT2D eigenvalue weighted by Crippen LogP contribution is -2.32. The van der Waals surface area contributed by atoms with Crippen molar-refractivity contribution in [3.63, 3.8) is 0 Å². The molecule has 0 bridgehead atoms. The molecule has 1 aromatic carbocycles. The van der Waals surface area contributed by atoms with Crippen LogP contribution in [-0.2, 0) is 16.1 Å². The molecule has 1 saturated heterocycles. The Bertz CT molecular complexity index is 798. The number of hydrogen-bond donors (Lipinski definition) is 1. The fourth-order valence-electron chi connectivity index (χ4n) is 2.89. The van der Waals surface area contributed by atoms with Gasteiger partial charge in [-0.05, 0) is 37.5 Å². The van der Waals surface area contributed by atoms with Crippen molar-refractivity contribution in [3.05, 3.63) is 51.2 Å². The zero-order valence-corrected chi connectivity index (χ0v) is 16.1. The van der Waals surface area contributed by atoms with E-state index >= 15 is 0 Å². The van der Waals surface area contributed by atoms with Gasteiger partial charge >= 0.3 is 0 Å². The fourth-order valence-corrected chi connectivity index (χ4v) is 3.16. The topological polar surface area (TPSA) is 73.2 Å². The smallest absolute Gasteiger partial charge is 0.266 e. The number of hydrogen-bond acceptors (Lipinski definition) is 4. The number of carbonyl (C=O) groups excluding carboxylic acids is 1. The quantitative estimate of drug-likeness (QED) is 0.748. The molecule has 1 aromatic heterocycles. The maximum absolute atomic E-state index is 12.0. The zero-order valence-electron chi connectivity index (χ0n) is 14.5. The summed E-state index contributed by atoms with van der Waals surface area (Å²) in [4.78, 5) is 23.9. The second kappa shape index (κ2) is 9.09. The molecule has 1 N–H and O–H groups in total. The number of nitrogens with zero attached hydrogens (tertiary/aromatic N) is 2. The molecule has 2 aromatic rings. The van der Waals surface area contributed by atoms with Gasteiger partial charge < -0.3 is 10.1 Å². The van der Waals surface area contributed by atoms with Crippen LogP contribution in [-0.4, -0.2) is 34.9 Å². The van der Waals surface area contributed by atoms with Crippen LogP contribution < -0.4 is 10.9 Å². The molecule has 0 radical (unpaired) electrons. The Labute approximate surface area is 160 Å². The molecule has 1 unspecified atom stereocenters. The van der Waals surface area contributed by atoms with E-state index in [1.807, 2.05) is 24.3 Å². The number of ether oxygens (including phenoxy) is 1. The van der Waals surface area contributed by atoms with E-state index in [0.29, 0.717) is 25.9 Å². The van der Waals surface area contributed by atoms with Gasteiger partial charge in [-0.1, -0.05) is 28.1 Å². The Morgan fingerprint density at radius 2 is 2.08 bits per heavy atom. The number of aryl methyl sites for hydroxylation is 1. The van der Waals surface area contributed by atoms with E-state index in [1.54, 1.807) is 6.07 Å². The van der Waals surface area contributed by atoms with Gasteiger partial charge in [-0.25, -0.2) is 4.68 Å². The molecule has 6 nitrogen and oxygen atoms in total. The third-order valence-electron chi connectivity index (χ3n) is 4.33. The van der Waals surface area contributed by atoms with E-state index in [4.69, 9.17) is 4.74 Å². The van der Waals surface area contributed by atoms with Crippen molar-refractivity contribution < 1.29 is 9.53 Å². The first kappa shape index (κ1) is 18.8. The molecule has 3 rings (SSSR count). The van der Waals surface area contributed by atoms with Crippen molar-refractivity contribution in [2.24, 2.45) is 0 Å². The van der Waals surface area contributed by atoms with Crippen LogP contribution in [0.25, 0.3) is 11.3 Å². The van der Waals surface area contributed by atoms with Gasteiger partial charge in [-0.15, -0.1) is 0 Å². The number of halogens is 1. The molecule has 1 aliphatic heterocycles. The summed E-state index contributed by atoms with van der Waals surface area (Å²) in [7, 11) is 0. The molecule has 7 heteroatoms. The minimum atomic E-state index is -0.161. The summed E-state index contributed by atoms with van der Waals surface area (Å²) in [6.07, 6.45) is 3.13. The van der Waals surface area contributed by atoms with Gasteiger partial charge in [0.05, 0.1) is 11.8 Å². The molecule has 1 fully saturated rings. The Morgan fingerprint density at radius 1 is 1.27 bits per heavy atom. The van der Waals surface area contributed by atoms with Crippen LogP contribution in [0.3, 0.4) is 0 Å². The predicted molar refractivity (Wildman–Crippen MR) is 103 cm³/mol. The number of amides is 1. The van der Waals surface area contributed by atoms with E-state index in [-0.39, 0.29) is 17.6 Å². The molecular weight excluding hydrogens is 398 g/mol. The lowest BCUT2D eigenvalue weighted by atomic mass is 10.1. The minimum Gasteiger partial charge on any atom is -0.376 e. The summed E-state index contributed by atoms with van der Waals surface area (Å²) in [6.45, 7) is 1.76. The minimum absolute atomic E-state index is 0.0161. The predicted octanol–water partition coefficient (Wildman–Crippen LogP) is 2.75. The number of aromatic nitrogens is 2. The van der Waals surface area contributed by atoms with Crippen LogP contribution in [0.1, 0.15) is 25.7 Å². The van der Waals surface area contributed by atoms with Crippen molar-refractivity contribution in [3.8, 4) is 11.3 Å². The highest BCUT2D eigenvalue weighted by Crippen LogP contribution is 2.18. The summed E-state index contributed by atoms with van der Waals surface area (Å²) < 4.78 is 7.89. The van der Waals surface area contributed by atoms with Crippen LogP contribution in [0.4, 0.5) is 0 Å². The summed E-state index contributed by atoms with van der Waals surface area (Å²) in [5, 5.41) is 7.31. The van der Waals surface area contributed by atoms with Crippen molar-refractivity contribution in [2.45, 2.75) is 38.3 Å². The molecule has 1 aliphatic rings. The second-order valence-corrected chi connectivity index (χ2v) is 7.25. The standard InChI is InChI=1S/C19H22BrN3O3/c20-15-7-5-14(6-8-15)17-9-10-19(25)23(22-17)11-1-4-18(24)21-13-16-3-2-12-26-16/h5-10,16H,1-4,11-13H2,(H,21,24). The molecule has 0 aliphatic carbocycles. The van der Waals surface area contributed by atoms with Gasteiger partial charge in [0.15, 0.2) is 0 Å². The average molecular weight is 420 g/mol. The largest absolute Gasteiger partial charge is 0.376 e. The molecular formula is C19H22BrN3O3. The van der Waals surface area contributed by atoms with E-state index < -0.39 is 0 Å². The molecule has 26 heavy (non-hydrogen) atoms. The van der Waals surface area contributed by atoms with Crippen LogP contribution >= 0.6 is 15.9 Å².